The number of rotatable bonds is 3. The van der Waals surface area contributed by atoms with Crippen LogP contribution in [0.2, 0.25) is 5.15 Å². The Hall–Kier alpha value is -1.66. The molecule has 0 aliphatic carbocycles. The third-order valence-corrected chi connectivity index (χ3v) is 3.38. The number of hydrogen-bond donors (Lipinski definition) is 0. The summed E-state index contributed by atoms with van der Waals surface area (Å²) in [5.41, 5.74) is 1.01. The minimum atomic E-state index is -0.803. The lowest BCUT2D eigenvalue weighted by molar-refractivity contribution is 0.0685. The van der Waals surface area contributed by atoms with Crippen molar-refractivity contribution >= 4 is 33.7 Å². The van der Waals surface area contributed by atoms with Crippen LogP contribution < -0.4 is 4.74 Å². The first-order valence-corrected chi connectivity index (χ1v) is 8.05. The quantitative estimate of drug-likeness (QED) is 0.670. The molecule has 0 radical (unpaired) electrons. The minimum Gasteiger partial charge on any atom is -0.433 e. The number of carbonyl (C=O) groups is 1. The van der Waals surface area contributed by atoms with Crippen molar-refractivity contribution in [2.24, 2.45) is 5.41 Å². The van der Waals surface area contributed by atoms with Crippen LogP contribution in [0.15, 0.2) is 34.8 Å². The Morgan fingerprint density at radius 1 is 1.22 bits per heavy atom. The summed E-state index contributed by atoms with van der Waals surface area (Å²) in [7, 11) is 0. The molecule has 0 amide bonds. The molecule has 1 aromatic carbocycles. The van der Waals surface area contributed by atoms with Crippen LogP contribution in [-0.4, -0.2) is 23.0 Å². The van der Waals surface area contributed by atoms with Gasteiger partial charge in [0.25, 0.3) is 0 Å². The lowest BCUT2D eigenvalue weighted by atomic mass is 9.99. The summed E-state index contributed by atoms with van der Waals surface area (Å²) in [4.78, 5) is 11.9. The Labute approximate surface area is 148 Å². The standard InChI is InChI=1S/C16H16BrClN2O3/c1-16(2,3)9-22-15(21)23-12-8-13(18)19-20-14(12)10-4-6-11(17)7-5-10/h4-8H,9H2,1-3H3. The van der Waals surface area contributed by atoms with E-state index < -0.39 is 6.16 Å². The van der Waals surface area contributed by atoms with Gasteiger partial charge in [-0.2, -0.15) is 0 Å². The molecule has 23 heavy (non-hydrogen) atoms. The van der Waals surface area contributed by atoms with Gasteiger partial charge in [0.1, 0.15) is 5.69 Å². The van der Waals surface area contributed by atoms with Crippen LogP contribution in [0.5, 0.6) is 5.75 Å². The smallest absolute Gasteiger partial charge is 0.433 e. The van der Waals surface area contributed by atoms with Crippen molar-refractivity contribution in [3.05, 3.63) is 40.0 Å². The molecule has 7 heteroatoms. The van der Waals surface area contributed by atoms with Gasteiger partial charge in [0.05, 0.1) is 6.61 Å². The monoisotopic (exact) mass is 398 g/mol. The van der Waals surface area contributed by atoms with Gasteiger partial charge in [-0.1, -0.05) is 60.4 Å². The van der Waals surface area contributed by atoms with E-state index in [0.29, 0.717) is 5.69 Å². The second-order valence-corrected chi connectivity index (χ2v) is 7.39. The van der Waals surface area contributed by atoms with Crippen LogP contribution >= 0.6 is 27.5 Å². The molecule has 2 aromatic rings. The van der Waals surface area contributed by atoms with Gasteiger partial charge in [-0.25, -0.2) is 4.79 Å². The number of hydrogen-bond acceptors (Lipinski definition) is 5. The highest BCUT2D eigenvalue weighted by Gasteiger charge is 2.18. The Kier molecular flexibility index (Phi) is 5.59. The van der Waals surface area contributed by atoms with Crippen LogP contribution in [0.4, 0.5) is 4.79 Å². The molecule has 0 bridgehead atoms. The molecule has 0 saturated carbocycles. The van der Waals surface area contributed by atoms with Crippen LogP contribution in [0.25, 0.3) is 11.3 Å². The number of aromatic nitrogens is 2. The largest absolute Gasteiger partial charge is 0.513 e. The summed E-state index contributed by atoms with van der Waals surface area (Å²) < 4.78 is 11.3. The second-order valence-electron chi connectivity index (χ2n) is 6.09. The Morgan fingerprint density at radius 2 is 1.87 bits per heavy atom. The van der Waals surface area contributed by atoms with Crippen LogP contribution in [0.3, 0.4) is 0 Å². The van der Waals surface area contributed by atoms with Crippen molar-refractivity contribution in [2.45, 2.75) is 20.8 Å². The first-order valence-electron chi connectivity index (χ1n) is 6.88. The molecule has 1 aromatic heterocycles. The van der Waals surface area contributed by atoms with Gasteiger partial charge in [-0.15, -0.1) is 10.2 Å². The van der Waals surface area contributed by atoms with Crippen molar-refractivity contribution < 1.29 is 14.3 Å². The number of carbonyl (C=O) groups excluding carboxylic acids is 1. The molecule has 0 aliphatic heterocycles. The minimum absolute atomic E-state index is 0.129. The topological polar surface area (TPSA) is 61.3 Å². The molecular formula is C16H16BrClN2O3. The number of nitrogens with zero attached hydrogens (tertiary/aromatic N) is 2. The zero-order valence-electron chi connectivity index (χ0n) is 13.0. The van der Waals surface area contributed by atoms with E-state index in [1.54, 1.807) is 0 Å². The molecule has 0 aliphatic rings. The van der Waals surface area contributed by atoms with Gasteiger partial charge < -0.3 is 9.47 Å². The SMILES string of the molecule is CC(C)(C)COC(=O)Oc1cc(Cl)nnc1-c1ccc(Br)cc1. The van der Waals surface area contributed by atoms with E-state index >= 15 is 0 Å². The van der Waals surface area contributed by atoms with E-state index in [4.69, 9.17) is 21.1 Å². The molecule has 122 valence electrons. The zero-order valence-corrected chi connectivity index (χ0v) is 15.3. The maximum absolute atomic E-state index is 11.9. The van der Waals surface area contributed by atoms with E-state index in [9.17, 15) is 4.79 Å². The van der Waals surface area contributed by atoms with Gasteiger partial charge >= 0.3 is 6.16 Å². The maximum Gasteiger partial charge on any atom is 0.513 e. The lowest BCUT2D eigenvalue weighted by Gasteiger charge is -2.17. The van der Waals surface area contributed by atoms with E-state index in [1.165, 1.54) is 6.07 Å². The molecular weight excluding hydrogens is 384 g/mol. The zero-order chi connectivity index (χ0) is 17.0. The molecule has 5 nitrogen and oxygen atoms in total. The number of benzene rings is 1. The highest BCUT2D eigenvalue weighted by Crippen LogP contribution is 2.30. The van der Waals surface area contributed by atoms with Crippen molar-refractivity contribution in [2.75, 3.05) is 6.61 Å². The fourth-order valence-corrected chi connectivity index (χ4v) is 2.03. The average molecular weight is 400 g/mol. The number of halogens is 2. The summed E-state index contributed by atoms with van der Waals surface area (Å²) in [5.74, 6) is 0.200. The third-order valence-electron chi connectivity index (χ3n) is 2.66. The first-order chi connectivity index (χ1) is 10.7. The second kappa shape index (κ2) is 7.27. The van der Waals surface area contributed by atoms with Crippen molar-refractivity contribution in [3.63, 3.8) is 0 Å². The van der Waals surface area contributed by atoms with E-state index in [1.807, 2.05) is 45.0 Å². The highest BCUT2D eigenvalue weighted by molar-refractivity contribution is 9.10. The van der Waals surface area contributed by atoms with Crippen molar-refractivity contribution in [1.29, 1.82) is 0 Å². The molecule has 0 unspecified atom stereocenters. The fourth-order valence-electron chi connectivity index (χ4n) is 1.63. The first kappa shape index (κ1) is 17.7. The molecule has 0 spiro atoms. The van der Waals surface area contributed by atoms with Crippen molar-refractivity contribution in [1.82, 2.24) is 10.2 Å². The average Bonchev–Trinajstić information content (AvgIpc) is 2.46. The molecule has 0 fully saturated rings. The lowest BCUT2D eigenvalue weighted by Crippen LogP contribution is -2.20. The Morgan fingerprint density at radius 3 is 2.48 bits per heavy atom. The van der Waals surface area contributed by atoms with Crippen LogP contribution in [0.1, 0.15) is 20.8 Å². The molecule has 2 rings (SSSR count). The summed E-state index contributed by atoms with van der Waals surface area (Å²) in [6, 6.07) is 8.80. The summed E-state index contributed by atoms with van der Waals surface area (Å²) in [6.45, 7) is 6.11. The predicted molar refractivity (Wildman–Crippen MR) is 91.6 cm³/mol. The van der Waals surface area contributed by atoms with Crippen LogP contribution in [0, 0.1) is 5.41 Å². The Bertz CT molecular complexity index is 699. The summed E-state index contributed by atoms with van der Waals surface area (Å²) in [6.07, 6.45) is -0.803. The molecule has 0 atom stereocenters. The van der Waals surface area contributed by atoms with E-state index in [-0.39, 0.29) is 22.9 Å². The van der Waals surface area contributed by atoms with Crippen LogP contribution in [-0.2, 0) is 4.74 Å². The van der Waals surface area contributed by atoms with E-state index in [0.717, 1.165) is 10.0 Å². The number of ether oxygens (including phenoxy) is 2. The third kappa shape index (κ3) is 5.48. The predicted octanol–water partition coefficient (Wildman–Crippen LogP) is 5.12. The van der Waals surface area contributed by atoms with E-state index in [2.05, 4.69) is 26.1 Å². The van der Waals surface area contributed by atoms with Gasteiger partial charge in [0.15, 0.2) is 10.9 Å². The normalized spacial score (nSPS) is 11.2. The molecule has 0 N–H and O–H groups in total. The summed E-state index contributed by atoms with van der Waals surface area (Å²) in [5, 5.41) is 7.94. The van der Waals surface area contributed by atoms with Gasteiger partial charge in [0.2, 0.25) is 0 Å². The highest BCUT2D eigenvalue weighted by atomic mass is 79.9. The molecule has 0 saturated heterocycles. The van der Waals surface area contributed by atoms with Crippen molar-refractivity contribution in [3.8, 4) is 17.0 Å². The summed E-state index contributed by atoms with van der Waals surface area (Å²) >= 11 is 9.21. The maximum atomic E-state index is 11.9. The van der Waals surface area contributed by atoms with Gasteiger partial charge in [0, 0.05) is 16.1 Å². The Balaban J connectivity index is 2.22. The molecule has 1 heterocycles. The van der Waals surface area contributed by atoms with Gasteiger partial charge in [-0.05, 0) is 17.5 Å². The fraction of sp³-hybridized carbons (Fsp3) is 0.312. The van der Waals surface area contributed by atoms with Gasteiger partial charge in [-0.3, -0.25) is 0 Å².